The first-order valence-electron chi connectivity index (χ1n) is 13.0. The third-order valence-electron chi connectivity index (χ3n) is 7.74. The molecule has 7 rings (SSSR count). The molecule has 0 aromatic heterocycles. The number of fused-ring (bicyclic) bond motifs is 3. The number of carbonyl (C=O) groups excluding carboxylic acids is 2. The standard InChI is InChI=1S/C31H27N3O4/c35-30-25-9-4-10-26(29(25)31(36)34(30)18-21-11-12-27-28(17-21)38-20-37-27)33-15-13-32(14-16-33)19-23-7-3-6-22-5-1-2-8-24(22)23/h1-12,17H,13-16,18-20H2. The summed E-state index contributed by atoms with van der Waals surface area (Å²) in [5.74, 6) is 0.828. The molecule has 3 aliphatic rings. The van der Waals surface area contributed by atoms with Crippen molar-refractivity contribution in [2.75, 3.05) is 37.9 Å². The lowest BCUT2D eigenvalue weighted by Crippen LogP contribution is -2.46. The molecule has 7 heteroatoms. The maximum Gasteiger partial charge on any atom is 0.263 e. The fourth-order valence-electron chi connectivity index (χ4n) is 5.76. The summed E-state index contributed by atoms with van der Waals surface area (Å²) in [5, 5.41) is 2.56. The van der Waals surface area contributed by atoms with Gasteiger partial charge in [-0.3, -0.25) is 19.4 Å². The van der Waals surface area contributed by atoms with E-state index in [1.165, 1.54) is 21.2 Å². The minimum absolute atomic E-state index is 0.185. The zero-order valence-corrected chi connectivity index (χ0v) is 20.9. The summed E-state index contributed by atoms with van der Waals surface area (Å²) >= 11 is 0. The molecule has 38 heavy (non-hydrogen) atoms. The second kappa shape index (κ2) is 9.19. The van der Waals surface area contributed by atoms with E-state index in [4.69, 9.17) is 9.47 Å². The quantitative estimate of drug-likeness (QED) is 0.367. The Morgan fingerprint density at radius 3 is 2.39 bits per heavy atom. The van der Waals surface area contributed by atoms with Crippen molar-refractivity contribution in [3.8, 4) is 11.5 Å². The smallest absolute Gasteiger partial charge is 0.263 e. The third kappa shape index (κ3) is 3.87. The molecule has 4 aromatic carbocycles. The molecule has 0 saturated carbocycles. The van der Waals surface area contributed by atoms with Crippen LogP contribution >= 0.6 is 0 Å². The zero-order chi connectivity index (χ0) is 25.6. The number of piperazine rings is 1. The molecule has 0 N–H and O–H groups in total. The lowest BCUT2D eigenvalue weighted by molar-refractivity contribution is 0.0642. The SMILES string of the molecule is O=C1c2cccc(N3CCN(Cc4cccc5ccccc45)CC3)c2C(=O)N1Cc1ccc2c(c1)OCO2. The van der Waals surface area contributed by atoms with E-state index in [9.17, 15) is 9.59 Å². The maximum absolute atomic E-state index is 13.6. The predicted octanol–water partition coefficient (Wildman–Crippen LogP) is 4.69. The van der Waals surface area contributed by atoms with E-state index in [2.05, 4.69) is 52.3 Å². The molecule has 2 amide bonds. The molecule has 3 aliphatic heterocycles. The fourth-order valence-corrected chi connectivity index (χ4v) is 5.76. The Bertz CT molecular complexity index is 1570. The van der Waals surface area contributed by atoms with Gasteiger partial charge >= 0.3 is 0 Å². The normalized spacial score (nSPS) is 16.9. The number of rotatable bonds is 5. The van der Waals surface area contributed by atoms with Gasteiger partial charge in [0, 0.05) is 32.7 Å². The number of benzene rings is 4. The number of amides is 2. The van der Waals surface area contributed by atoms with Gasteiger partial charge in [0.05, 0.1) is 23.4 Å². The fraction of sp³-hybridized carbons (Fsp3) is 0.226. The van der Waals surface area contributed by atoms with Crippen molar-refractivity contribution in [2.45, 2.75) is 13.1 Å². The molecule has 0 unspecified atom stereocenters. The molecular formula is C31H27N3O4. The van der Waals surface area contributed by atoms with Crippen molar-refractivity contribution in [1.29, 1.82) is 0 Å². The minimum atomic E-state index is -0.251. The van der Waals surface area contributed by atoms with Crippen molar-refractivity contribution >= 4 is 28.3 Å². The summed E-state index contributed by atoms with van der Waals surface area (Å²) in [6, 6.07) is 26.1. The molecule has 1 fully saturated rings. The molecule has 190 valence electrons. The average Bonchev–Trinajstić information content (AvgIpc) is 3.52. The molecule has 0 radical (unpaired) electrons. The summed E-state index contributed by atoms with van der Waals surface area (Å²) in [7, 11) is 0. The van der Waals surface area contributed by atoms with Gasteiger partial charge in [-0.15, -0.1) is 0 Å². The second-order valence-corrected chi connectivity index (χ2v) is 9.99. The Balaban J connectivity index is 1.07. The number of anilines is 1. The van der Waals surface area contributed by atoms with E-state index >= 15 is 0 Å². The predicted molar refractivity (Wildman–Crippen MR) is 145 cm³/mol. The van der Waals surface area contributed by atoms with E-state index in [1.54, 1.807) is 6.07 Å². The number of imide groups is 1. The van der Waals surface area contributed by atoms with Gasteiger partial charge in [-0.25, -0.2) is 0 Å². The highest BCUT2D eigenvalue weighted by Crippen LogP contribution is 2.36. The highest BCUT2D eigenvalue weighted by molar-refractivity contribution is 6.23. The Morgan fingerprint density at radius 2 is 1.50 bits per heavy atom. The van der Waals surface area contributed by atoms with Crippen LogP contribution < -0.4 is 14.4 Å². The van der Waals surface area contributed by atoms with Gasteiger partial charge < -0.3 is 14.4 Å². The largest absolute Gasteiger partial charge is 0.454 e. The first-order chi connectivity index (χ1) is 18.7. The van der Waals surface area contributed by atoms with Gasteiger partial charge in [0.2, 0.25) is 6.79 Å². The number of nitrogens with zero attached hydrogens (tertiary/aromatic N) is 3. The third-order valence-corrected chi connectivity index (χ3v) is 7.74. The summed E-state index contributed by atoms with van der Waals surface area (Å²) in [5.41, 5.74) is 4.00. The van der Waals surface area contributed by atoms with Crippen molar-refractivity contribution in [1.82, 2.24) is 9.80 Å². The van der Waals surface area contributed by atoms with E-state index in [0.717, 1.165) is 44.0 Å². The van der Waals surface area contributed by atoms with Crippen LogP contribution in [-0.4, -0.2) is 54.6 Å². The Kier molecular flexibility index (Phi) is 5.51. The van der Waals surface area contributed by atoms with Gasteiger partial charge in [-0.05, 0) is 46.2 Å². The Morgan fingerprint density at radius 1 is 0.711 bits per heavy atom. The van der Waals surface area contributed by atoms with E-state index in [1.807, 2.05) is 30.3 Å². The van der Waals surface area contributed by atoms with Crippen LogP contribution in [0.3, 0.4) is 0 Å². The second-order valence-electron chi connectivity index (χ2n) is 9.99. The number of hydrogen-bond donors (Lipinski definition) is 0. The maximum atomic E-state index is 13.6. The van der Waals surface area contributed by atoms with E-state index < -0.39 is 0 Å². The Hall–Kier alpha value is -4.36. The van der Waals surface area contributed by atoms with Crippen molar-refractivity contribution in [2.24, 2.45) is 0 Å². The molecule has 0 atom stereocenters. The van der Waals surface area contributed by atoms with Crippen molar-refractivity contribution in [3.63, 3.8) is 0 Å². The van der Waals surface area contributed by atoms with Crippen molar-refractivity contribution < 1.29 is 19.1 Å². The molecule has 7 nitrogen and oxygen atoms in total. The monoisotopic (exact) mass is 505 g/mol. The average molecular weight is 506 g/mol. The summed E-state index contributed by atoms with van der Waals surface area (Å²) in [6.45, 7) is 4.63. The van der Waals surface area contributed by atoms with Crippen LogP contribution in [-0.2, 0) is 13.1 Å². The van der Waals surface area contributed by atoms with Gasteiger partial charge in [-0.1, -0.05) is 54.6 Å². The van der Waals surface area contributed by atoms with E-state index in [-0.39, 0.29) is 25.2 Å². The van der Waals surface area contributed by atoms with Crippen LogP contribution in [0.4, 0.5) is 5.69 Å². The molecule has 4 aromatic rings. The highest BCUT2D eigenvalue weighted by Gasteiger charge is 2.39. The number of ether oxygens (including phenoxy) is 2. The molecular weight excluding hydrogens is 478 g/mol. The molecule has 0 spiro atoms. The highest BCUT2D eigenvalue weighted by atomic mass is 16.7. The minimum Gasteiger partial charge on any atom is -0.454 e. The Labute approximate surface area is 220 Å². The summed E-state index contributed by atoms with van der Waals surface area (Å²) < 4.78 is 10.8. The first-order valence-corrected chi connectivity index (χ1v) is 13.0. The van der Waals surface area contributed by atoms with Crippen LogP contribution in [0, 0.1) is 0 Å². The lowest BCUT2D eigenvalue weighted by Gasteiger charge is -2.37. The summed E-state index contributed by atoms with van der Waals surface area (Å²) in [4.78, 5) is 32.9. The van der Waals surface area contributed by atoms with Gasteiger partial charge in [-0.2, -0.15) is 0 Å². The topological polar surface area (TPSA) is 62.3 Å². The van der Waals surface area contributed by atoms with Gasteiger partial charge in [0.1, 0.15) is 0 Å². The molecule has 0 bridgehead atoms. The number of hydrogen-bond acceptors (Lipinski definition) is 6. The van der Waals surface area contributed by atoms with E-state index in [0.29, 0.717) is 22.6 Å². The summed E-state index contributed by atoms with van der Waals surface area (Å²) in [6.07, 6.45) is 0. The van der Waals surface area contributed by atoms with Crippen LogP contribution in [0.25, 0.3) is 10.8 Å². The molecule has 3 heterocycles. The van der Waals surface area contributed by atoms with Crippen LogP contribution in [0.5, 0.6) is 11.5 Å². The zero-order valence-electron chi connectivity index (χ0n) is 20.9. The lowest BCUT2D eigenvalue weighted by atomic mass is 10.0. The number of carbonyl (C=O) groups is 2. The van der Waals surface area contributed by atoms with Gasteiger partial charge in [0.25, 0.3) is 11.8 Å². The van der Waals surface area contributed by atoms with Gasteiger partial charge in [0.15, 0.2) is 11.5 Å². The van der Waals surface area contributed by atoms with Crippen molar-refractivity contribution in [3.05, 3.63) is 101 Å². The van der Waals surface area contributed by atoms with Crippen LogP contribution in [0.15, 0.2) is 78.9 Å². The van der Waals surface area contributed by atoms with Crippen LogP contribution in [0.2, 0.25) is 0 Å². The van der Waals surface area contributed by atoms with Crippen LogP contribution in [0.1, 0.15) is 31.8 Å². The first kappa shape index (κ1) is 22.8. The molecule has 0 aliphatic carbocycles. The molecule has 1 saturated heterocycles.